The number of benzene rings is 3. The van der Waals surface area contributed by atoms with Gasteiger partial charge in [-0.2, -0.15) is 0 Å². The van der Waals surface area contributed by atoms with Crippen molar-refractivity contribution in [1.29, 1.82) is 0 Å². The number of allylic oxidation sites excluding steroid dienone is 1. The van der Waals surface area contributed by atoms with Crippen LogP contribution in [0, 0.1) is 0 Å². The minimum absolute atomic E-state index is 0.0867. The first-order valence-electron chi connectivity index (χ1n) is 10.7. The minimum atomic E-state index is -0.233. The Hall–Kier alpha value is -4.19. The van der Waals surface area contributed by atoms with Crippen molar-refractivity contribution in [3.8, 4) is 5.75 Å². The summed E-state index contributed by atoms with van der Waals surface area (Å²) in [6, 6.07) is 21.2. The third-order valence-electron chi connectivity index (χ3n) is 5.44. The van der Waals surface area contributed by atoms with Gasteiger partial charge in [-0.3, -0.25) is 14.4 Å². The van der Waals surface area contributed by atoms with Crippen molar-refractivity contribution < 1.29 is 19.1 Å². The quantitative estimate of drug-likeness (QED) is 0.416. The molecule has 4 rings (SSSR count). The minimum Gasteiger partial charge on any atom is -0.497 e. The predicted octanol–water partition coefficient (Wildman–Crippen LogP) is 4.97. The zero-order valence-electron chi connectivity index (χ0n) is 18.3. The second kappa shape index (κ2) is 9.96. The number of ketones is 1. The summed E-state index contributed by atoms with van der Waals surface area (Å²) in [5.74, 6) is 0.379. The predicted molar refractivity (Wildman–Crippen MR) is 129 cm³/mol. The lowest BCUT2D eigenvalue weighted by Gasteiger charge is -2.16. The normalized spacial score (nSPS) is 13.4. The van der Waals surface area contributed by atoms with Crippen LogP contribution in [0.4, 0.5) is 11.4 Å². The largest absolute Gasteiger partial charge is 0.497 e. The molecule has 1 aliphatic heterocycles. The monoisotopic (exact) mass is 440 g/mol. The molecule has 0 spiro atoms. The summed E-state index contributed by atoms with van der Waals surface area (Å²) in [5, 5.41) is 2.86. The third kappa shape index (κ3) is 5.36. The van der Waals surface area contributed by atoms with Crippen molar-refractivity contribution in [2.45, 2.75) is 12.8 Å². The molecule has 6 nitrogen and oxygen atoms in total. The highest BCUT2D eigenvalue weighted by molar-refractivity contribution is 6.08. The molecule has 3 aromatic rings. The van der Waals surface area contributed by atoms with Gasteiger partial charge in [-0.25, -0.2) is 0 Å². The Balaban J connectivity index is 1.43. The molecule has 33 heavy (non-hydrogen) atoms. The lowest BCUT2D eigenvalue weighted by Crippen LogP contribution is -2.23. The van der Waals surface area contributed by atoms with Gasteiger partial charge in [0, 0.05) is 35.5 Å². The molecule has 166 valence electrons. The first-order valence-corrected chi connectivity index (χ1v) is 10.7. The van der Waals surface area contributed by atoms with Gasteiger partial charge in [-0.1, -0.05) is 30.3 Å². The number of anilines is 2. The van der Waals surface area contributed by atoms with Crippen molar-refractivity contribution in [3.05, 3.63) is 95.6 Å². The summed E-state index contributed by atoms with van der Waals surface area (Å²) in [4.78, 5) is 38.9. The van der Waals surface area contributed by atoms with Gasteiger partial charge in [0.25, 0.3) is 5.91 Å². The number of amides is 2. The van der Waals surface area contributed by atoms with E-state index in [9.17, 15) is 14.4 Å². The highest BCUT2D eigenvalue weighted by atomic mass is 16.5. The standard InChI is InChI=1S/C27H24N2O4/c1-33-24-13-11-20(12-14-24)27(32)28-22-7-2-5-19(17-22)10-15-25(30)21-6-3-8-23(18-21)29-16-4-9-26(29)31/h2-3,5-8,10-15,17-18H,4,9,16H2,1H3,(H,28,32)/b15-10+. The molecule has 0 bridgehead atoms. The Labute approximate surface area is 192 Å². The van der Waals surface area contributed by atoms with E-state index in [0.717, 1.165) is 17.7 Å². The van der Waals surface area contributed by atoms with Crippen LogP contribution >= 0.6 is 0 Å². The first kappa shape index (κ1) is 22.0. The van der Waals surface area contributed by atoms with Crippen molar-refractivity contribution in [2.24, 2.45) is 0 Å². The summed E-state index contributed by atoms with van der Waals surface area (Å²) >= 11 is 0. The molecule has 1 heterocycles. The van der Waals surface area contributed by atoms with Gasteiger partial charge < -0.3 is 15.0 Å². The lowest BCUT2D eigenvalue weighted by atomic mass is 10.1. The van der Waals surface area contributed by atoms with Gasteiger partial charge >= 0.3 is 0 Å². The summed E-state index contributed by atoms with van der Waals surface area (Å²) < 4.78 is 5.11. The third-order valence-corrected chi connectivity index (χ3v) is 5.44. The molecule has 0 atom stereocenters. The van der Waals surface area contributed by atoms with E-state index < -0.39 is 0 Å². The van der Waals surface area contributed by atoms with Crippen LogP contribution in [0.5, 0.6) is 5.75 Å². The maximum absolute atomic E-state index is 12.7. The lowest BCUT2D eigenvalue weighted by molar-refractivity contribution is -0.117. The average molecular weight is 440 g/mol. The highest BCUT2D eigenvalue weighted by Crippen LogP contribution is 2.23. The number of nitrogens with one attached hydrogen (secondary N) is 1. The fraction of sp³-hybridized carbons (Fsp3) is 0.148. The summed E-state index contributed by atoms with van der Waals surface area (Å²) in [6.45, 7) is 0.682. The topological polar surface area (TPSA) is 75.7 Å². The van der Waals surface area contributed by atoms with Gasteiger partial charge in [0.1, 0.15) is 5.75 Å². The van der Waals surface area contributed by atoms with E-state index in [1.54, 1.807) is 72.7 Å². The average Bonchev–Trinajstić information content (AvgIpc) is 3.28. The smallest absolute Gasteiger partial charge is 0.255 e. The summed E-state index contributed by atoms with van der Waals surface area (Å²) in [7, 11) is 1.57. The molecule has 0 saturated carbocycles. The van der Waals surface area contributed by atoms with Crippen LogP contribution in [-0.4, -0.2) is 31.3 Å². The van der Waals surface area contributed by atoms with Crippen molar-refractivity contribution >= 4 is 35.0 Å². The van der Waals surface area contributed by atoms with Crippen LogP contribution in [0.3, 0.4) is 0 Å². The fourth-order valence-electron chi connectivity index (χ4n) is 3.68. The second-order valence-electron chi connectivity index (χ2n) is 7.70. The molecule has 2 amide bonds. The first-order chi connectivity index (χ1) is 16.0. The van der Waals surface area contributed by atoms with Gasteiger partial charge in [-0.05, 0) is 66.6 Å². The Bertz CT molecular complexity index is 1210. The Kier molecular flexibility index (Phi) is 6.64. The number of nitrogens with zero attached hydrogens (tertiary/aromatic N) is 1. The molecule has 6 heteroatoms. The number of carbonyl (C=O) groups is 3. The molecule has 1 saturated heterocycles. The Morgan fingerprint density at radius 3 is 2.48 bits per heavy atom. The summed E-state index contributed by atoms with van der Waals surface area (Å²) in [6.07, 6.45) is 4.58. The number of rotatable bonds is 7. The maximum atomic E-state index is 12.7. The Morgan fingerprint density at radius 2 is 1.76 bits per heavy atom. The molecule has 3 aromatic carbocycles. The second-order valence-corrected chi connectivity index (χ2v) is 7.70. The van der Waals surface area contributed by atoms with Gasteiger partial charge in [0.05, 0.1) is 7.11 Å². The molecule has 0 aromatic heterocycles. The van der Waals surface area contributed by atoms with Crippen LogP contribution in [0.2, 0.25) is 0 Å². The number of carbonyl (C=O) groups excluding carboxylic acids is 3. The number of hydrogen-bond donors (Lipinski definition) is 1. The van der Waals surface area contributed by atoms with Crippen LogP contribution in [0.1, 0.15) is 39.1 Å². The van der Waals surface area contributed by atoms with Crippen LogP contribution in [0.15, 0.2) is 78.9 Å². The molecule has 1 aliphatic rings. The fourth-order valence-corrected chi connectivity index (χ4v) is 3.68. The van der Waals surface area contributed by atoms with E-state index in [0.29, 0.717) is 35.5 Å². The van der Waals surface area contributed by atoms with Gasteiger partial charge in [0.15, 0.2) is 5.78 Å². The molecule has 0 radical (unpaired) electrons. The van der Waals surface area contributed by atoms with Crippen LogP contribution < -0.4 is 15.0 Å². The van der Waals surface area contributed by atoms with E-state index >= 15 is 0 Å². The maximum Gasteiger partial charge on any atom is 0.255 e. The van der Waals surface area contributed by atoms with Crippen LogP contribution in [0.25, 0.3) is 6.08 Å². The Morgan fingerprint density at radius 1 is 0.970 bits per heavy atom. The van der Waals surface area contributed by atoms with E-state index in [-0.39, 0.29) is 17.6 Å². The SMILES string of the molecule is COc1ccc(C(=O)Nc2cccc(/C=C/C(=O)c3cccc(N4CCCC4=O)c3)c2)cc1. The highest BCUT2D eigenvalue weighted by Gasteiger charge is 2.22. The van der Waals surface area contributed by atoms with Crippen molar-refractivity contribution in [1.82, 2.24) is 0 Å². The molecule has 0 unspecified atom stereocenters. The van der Waals surface area contributed by atoms with Crippen LogP contribution in [-0.2, 0) is 4.79 Å². The van der Waals surface area contributed by atoms with Gasteiger partial charge in [-0.15, -0.1) is 0 Å². The number of methoxy groups -OCH3 is 1. The van der Waals surface area contributed by atoms with E-state index in [1.165, 1.54) is 6.08 Å². The zero-order valence-corrected chi connectivity index (χ0v) is 18.3. The summed E-state index contributed by atoms with van der Waals surface area (Å²) in [5.41, 5.74) is 3.19. The molecular formula is C27H24N2O4. The number of ether oxygens (including phenoxy) is 1. The zero-order chi connectivity index (χ0) is 23.2. The molecule has 1 fully saturated rings. The molecular weight excluding hydrogens is 416 g/mol. The van der Waals surface area contributed by atoms with E-state index in [2.05, 4.69) is 5.32 Å². The number of hydrogen-bond acceptors (Lipinski definition) is 4. The van der Waals surface area contributed by atoms with E-state index in [4.69, 9.17) is 4.74 Å². The van der Waals surface area contributed by atoms with Crippen molar-refractivity contribution in [3.63, 3.8) is 0 Å². The van der Waals surface area contributed by atoms with E-state index in [1.807, 2.05) is 18.2 Å². The van der Waals surface area contributed by atoms with Gasteiger partial charge in [0.2, 0.25) is 5.91 Å². The van der Waals surface area contributed by atoms with Crippen molar-refractivity contribution in [2.75, 3.05) is 23.9 Å². The molecule has 0 aliphatic carbocycles. The molecule has 1 N–H and O–H groups in total.